The van der Waals surface area contributed by atoms with Gasteiger partial charge in [0.15, 0.2) is 0 Å². The van der Waals surface area contributed by atoms with E-state index in [4.69, 9.17) is 4.74 Å². The first kappa shape index (κ1) is 24.1. The molecule has 4 bridgehead atoms. The molecule has 4 saturated carbocycles. The Balaban J connectivity index is 1.05. The van der Waals surface area contributed by atoms with E-state index in [9.17, 15) is 15.0 Å². The summed E-state index contributed by atoms with van der Waals surface area (Å²) in [5, 5.41) is 25.9. The van der Waals surface area contributed by atoms with Crippen LogP contribution in [-0.4, -0.2) is 36.3 Å². The molecular formula is C29H38N2O4. The second-order valence-electron chi connectivity index (χ2n) is 11.2. The fraction of sp³-hybridized carbons (Fsp3) is 0.552. The van der Waals surface area contributed by atoms with Crippen LogP contribution in [0, 0.1) is 23.2 Å². The minimum atomic E-state index is -0.734. The van der Waals surface area contributed by atoms with E-state index in [2.05, 4.69) is 34.9 Å². The van der Waals surface area contributed by atoms with Crippen LogP contribution in [0.4, 0.5) is 5.69 Å². The Hall–Kier alpha value is -2.57. The molecule has 0 aromatic heterocycles. The summed E-state index contributed by atoms with van der Waals surface area (Å²) in [6.07, 6.45) is 10.6. The van der Waals surface area contributed by atoms with Gasteiger partial charge in [-0.05, 0) is 116 Å². The number of nitrogens with one attached hydrogen (secondary N) is 2. The van der Waals surface area contributed by atoms with Crippen LogP contribution in [0.2, 0.25) is 0 Å². The molecule has 0 heterocycles. The van der Waals surface area contributed by atoms with Crippen molar-refractivity contribution in [3.8, 4) is 11.5 Å². The molecule has 1 atom stereocenters. The summed E-state index contributed by atoms with van der Waals surface area (Å²) in [4.78, 5) is 10.7. The van der Waals surface area contributed by atoms with Crippen molar-refractivity contribution in [2.24, 2.45) is 23.2 Å². The van der Waals surface area contributed by atoms with Crippen molar-refractivity contribution in [1.29, 1.82) is 0 Å². The average molecular weight is 479 g/mol. The Labute approximate surface area is 208 Å². The van der Waals surface area contributed by atoms with E-state index in [1.807, 2.05) is 0 Å². The van der Waals surface area contributed by atoms with Gasteiger partial charge in [-0.25, -0.2) is 0 Å². The van der Waals surface area contributed by atoms with Crippen molar-refractivity contribution in [2.45, 2.75) is 57.5 Å². The number of benzene rings is 2. The summed E-state index contributed by atoms with van der Waals surface area (Å²) in [7, 11) is 0. The number of carbonyl (C=O) groups excluding carboxylic acids is 1. The summed E-state index contributed by atoms with van der Waals surface area (Å²) >= 11 is 0. The van der Waals surface area contributed by atoms with Gasteiger partial charge in [0.25, 0.3) is 0 Å². The largest absolute Gasteiger partial charge is 0.506 e. The van der Waals surface area contributed by atoms with E-state index >= 15 is 0 Å². The van der Waals surface area contributed by atoms with Crippen LogP contribution in [0.25, 0.3) is 0 Å². The third-order valence-corrected chi connectivity index (χ3v) is 8.51. The zero-order valence-electron chi connectivity index (χ0n) is 20.4. The highest BCUT2D eigenvalue weighted by Crippen LogP contribution is 2.61. The molecule has 4 aliphatic rings. The monoisotopic (exact) mass is 478 g/mol. The maximum atomic E-state index is 10.7. The first-order chi connectivity index (χ1) is 17.0. The molecule has 6 nitrogen and oxygen atoms in total. The van der Waals surface area contributed by atoms with Gasteiger partial charge >= 0.3 is 0 Å². The van der Waals surface area contributed by atoms with Crippen LogP contribution in [0.3, 0.4) is 0 Å². The lowest BCUT2D eigenvalue weighted by molar-refractivity contribution is -0.105. The molecule has 6 rings (SSSR count). The van der Waals surface area contributed by atoms with Crippen molar-refractivity contribution >= 4 is 12.1 Å². The van der Waals surface area contributed by atoms with Crippen LogP contribution in [0.5, 0.6) is 11.5 Å². The van der Waals surface area contributed by atoms with Gasteiger partial charge < -0.3 is 25.6 Å². The number of rotatable bonds is 12. The van der Waals surface area contributed by atoms with E-state index in [1.54, 1.807) is 12.1 Å². The molecule has 0 aliphatic heterocycles. The summed E-state index contributed by atoms with van der Waals surface area (Å²) in [5.41, 5.74) is 2.69. The van der Waals surface area contributed by atoms with Gasteiger partial charge in [0.2, 0.25) is 6.41 Å². The number of aliphatic hydroxyl groups excluding tert-OH is 1. The van der Waals surface area contributed by atoms with Crippen molar-refractivity contribution in [3.05, 3.63) is 53.6 Å². The first-order valence-electron chi connectivity index (χ1n) is 13.2. The number of anilines is 1. The van der Waals surface area contributed by atoms with E-state index in [0.29, 0.717) is 23.9 Å². The van der Waals surface area contributed by atoms with E-state index in [0.717, 1.165) is 43.1 Å². The van der Waals surface area contributed by atoms with Crippen LogP contribution in [0.15, 0.2) is 42.5 Å². The Bertz CT molecular complexity index is 988. The number of aromatic hydroxyl groups is 1. The predicted molar refractivity (Wildman–Crippen MR) is 136 cm³/mol. The number of amides is 1. The number of hydrogen-bond acceptors (Lipinski definition) is 5. The van der Waals surface area contributed by atoms with Crippen LogP contribution >= 0.6 is 0 Å². The van der Waals surface area contributed by atoms with Crippen LogP contribution in [-0.2, 0) is 11.2 Å². The third kappa shape index (κ3) is 5.81. The lowest BCUT2D eigenvalue weighted by Crippen LogP contribution is -2.46. The van der Waals surface area contributed by atoms with Gasteiger partial charge in [0.1, 0.15) is 11.5 Å². The zero-order valence-corrected chi connectivity index (χ0v) is 20.4. The Kier molecular flexibility index (Phi) is 7.30. The molecule has 1 amide bonds. The molecular weight excluding hydrogens is 440 g/mol. The summed E-state index contributed by atoms with van der Waals surface area (Å²) in [5.74, 6) is 3.88. The molecule has 0 saturated heterocycles. The zero-order chi connectivity index (χ0) is 24.3. The molecule has 0 unspecified atom stereocenters. The molecule has 188 valence electrons. The summed E-state index contributed by atoms with van der Waals surface area (Å²) in [6, 6.07) is 13.1. The van der Waals surface area contributed by atoms with Crippen LogP contribution in [0.1, 0.15) is 62.2 Å². The molecule has 6 heteroatoms. The maximum Gasteiger partial charge on any atom is 0.211 e. The minimum Gasteiger partial charge on any atom is -0.506 e. The fourth-order valence-corrected chi connectivity index (χ4v) is 7.30. The quantitative estimate of drug-likeness (QED) is 0.200. The average Bonchev–Trinajstić information content (AvgIpc) is 2.82. The Morgan fingerprint density at radius 3 is 2.51 bits per heavy atom. The lowest BCUT2D eigenvalue weighted by Gasteiger charge is -2.57. The molecule has 2 aromatic rings. The number of phenols is 1. The smallest absolute Gasteiger partial charge is 0.211 e. The second kappa shape index (κ2) is 10.6. The maximum absolute atomic E-state index is 10.7. The summed E-state index contributed by atoms with van der Waals surface area (Å²) < 4.78 is 6.22. The van der Waals surface area contributed by atoms with Gasteiger partial charge in [-0.3, -0.25) is 4.79 Å². The molecule has 2 aromatic carbocycles. The van der Waals surface area contributed by atoms with Gasteiger partial charge in [-0.2, -0.15) is 0 Å². The van der Waals surface area contributed by atoms with Crippen molar-refractivity contribution < 1.29 is 19.7 Å². The highest BCUT2D eigenvalue weighted by Gasteiger charge is 2.50. The highest BCUT2D eigenvalue weighted by molar-refractivity contribution is 5.75. The number of carbonyl (C=O) groups is 1. The SMILES string of the molecule is O=CNc1cc([C@@H](O)CNCCc2cccc(OCCC34CC5CC(CC(C5)C3)C4)c2)ccc1O. The van der Waals surface area contributed by atoms with Gasteiger partial charge in [0, 0.05) is 6.54 Å². The second-order valence-corrected chi connectivity index (χ2v) is 11.2. The third-order valence-electron chi connectivity index (χ3n) is 8.51. The molecule has 0 spiro atoms. The minimum absolute atomic E-state index is 0.0268. The highest BCUT2D eigenvalue weighted by atomic mass is 16.5. The molecule has 0 radical (unpaired) electrons. The Morgan fingerprint density at radius 1 is 1.06 bits per heavy atom. The molecule has 35 heavy (non-hydrogen) atoms. The summed E-state index contributed by atoms with van der Waals surface area (Å²) in [6.45, 7) is 1.92. The van der Waals surface area contributed by atoms with Gasteiger partial charge in [-0.15, -0.1) is 0 Å². The van der Waals surface area contributed by atoms with Gasteiger partial charge in [-0.1, -0.05) is 18.2 Å². The van der Waals surface area contributed by atoms with Crippen LogP contribution < -0.4 is 15.4 Å². The number of phenolic OH excluding ortho intramolecular Hbond substituents is 1. The number of hydrogen-bond donors (Lipinski definition) is 4. The van der Waals surface area contributed by atoms with E-state index in [-0.39, 0.29) is 11.4 Å². The van der Waals surface area contributed by atoms with E-state index < -0.39 is 6.10 Å². The normalized spacial score (nSPS) is 27.5. The fourth-order valence-electron chi connectivity index (χ4n) is 7.30. The standard InChI is InChI=1S/C29H38N2O4/c32-19-31-26-14-24(4-5-27(26)33)28(34)18-30-8-6-20-2-1-3-25(13-20)35-9-7-29-15-21-10-22(16-29)12-23(11-21)17-29/h1-5,13-14,19,21-23,28,30,33-34H,6-12,15-18H2,(H,31,32)/t21?,22?,23?,28-,29?/m0/s1. The number of aliphatic hydroxyl groups is 1. The number of ether oxygens (including phenoxy) is 1. The molecule has 4 aliphatic carbocycles. The Morgan fingerprint density at radius 2 is 1.80 bits per heavy atom. The van der Waals surface area contributed by atoms with Crippen molar-refractivity contribution in [3.63, 3.8) is 0 Å². The van der Waals surface area contributed by atoms with Crippen molar-refractivity contribution in [1.82, 2.24) is 5.32 Å². The lowest BCUT2D eigenvalue weighted by atomic mass is 9.49. The predicted octanol–water partition coefficient (Wildman–Crippen LogP) is 4.81. The van der Waals surface area contributed by atoms with Crippen molar-refractivity contribution in [2.75, 3.05) is 25.0 Å². The van der Waals surface area contributed by atoms with E-state index in [1.165, 1.54) is 56.6 Å². The van der Waals surface area contributed by atoms with Gasteiger partial charge in [0.05, 0.1) is 18.4 Å². The topological polar surface area (TPSA) is 90.8 Å². The molecule has 4 N–H and O–H groups in total. The molecule has 4 fully saturated rings. The first-order valence-corrected chi connectivity index (χ1v) is 13.2.